The first kappa shape index (κ1) is 13.9. The lowest BCUT2D eigenvalue weighted by Gasteiger charge is -2.26. The molecule has 3 unspecified atom stereocenters. The van der Waals surface area contributed by atoms with Gasteiger partial charge >= 0.3 is 0 Å². The summed E-state index contributed by atoms with van der Waals surface area (Å²) in [5.74, 6) is 1.23. The van der Waals surface area contributed by atoms with Crippen molar-refractivity contribution >= 4 is 28.1 Å². The fourth-order valence-electron chi connectivity index (χ4n) is 2.59. The average molecular weight is 286 g/mol. The van der Waals surface area contributed by atoms with Crippen LogP contribution in [-0.2, 0) is 16.6 Å². The molecule has 4 heteroatoms. The predicted molar refractivity (Wildman–Crippen MR) is 79.1 cm³/mol. The van der Waals surface area contributed by atoms with Crippen LogP contribution in [0.2, 0.25) is 5.02 Å². The summed E-state index contributed by atoms with van der Waals surface area (Å²) < 4.78 is 12.4. The van der Waals surface area contributed by atoms with E-state index in [2.05, 4.69) is 6.92 Å². The van der Waals surface area contributed by atoms with Gasteiger partial charge < -0.3 is 5.73 Å². The van der Waals surface area contributed by atoms with E-state index in [1.54, 1.807) is 12.1 Å². The number of anilines is 1. The minimum absolute atomic E-state index is 0.326. The van der Waals surface area contributed by atoms with E-state index in [9.17, 15) is 4.21 Å². The van der Waals surface area contributed by atoms with E-state index in [-0.39, 0.29) is 0 Å². The van der Waals surface area contributed by atoms with Crippen molar-refractivity contribution in [3.05, 3.63) is 28.8 Å². The Labute approximate surface area is 116 Å². The molecule has 2 N–H and O–H groups in total. The molecule has 1 aliphatic carbocycles. The van der Waals surface area contributed by atoms with Gasteiger partial charge in [-0.05, 0) is 42.5 Å². The maximum Gasteiger partial charge on any atom is 0.0509 e. The highest BCUT2D eigenvalue weighted by molar-refractivity contribution is 7.84. The Kier molecular flexibility index (Phi) is 4.68. The standard InChI is InChI=1S/C14H20ClNOS/c1-10-3-2-4-13(7-10)18(17)9-11-8-12(15)5-6-14(11)16/h5-6,8,10,13H,2-4,7,9,16H2,1H3. The van der Waals surface area contributed by atoms with Crippen LogP contribution in [-0.4, -0.2) is 9.46 Å². The molecule has 0 aromatic heterocycles. The molecule has 1 aromatic carbocycles. The van der Waals surface area contributed by atoms with Gasteiger partial charge in [-0.25, -0.2) is 0 Å². The van der Waals surface area contributed by atoms with E-state index in [0.29, 0.717) is 27.6 Å². The third-order valence-corrected chi connectivity index (χ3v) is 5.67. The van der Waals surface area contributed by atoms with Gasteiger partial charge in [0, 0.05) is 26.8 Å². The van der Waals surface area contributed by atoms with Crippen molar-refractivity contribution in [3.8, 4) is 0 Å². The van der Waals surface area contributed by atoms with E-state index in [1.165, 1.54) is 12.8 Å². The molecule has 0 heterocycles. The first-order valence-corrected chi connectivity index (χ1v) is 8.23. The summed E-state index contributed by atoms with van der Waals surface area (Å²) in [4.78, 5) is 0. The number of benzene rings is 1. The molecule has 1 fully saturated rings. The second-order valence-corrected chi connectivity index (χ2v) is 7.42. The van der Waals surface area contributed by atoms with E-state index < -0.39 is 10.8 Å². The molecule has 0 bridgehead atoms. The number of rotatable bonds is 3. The summed E-state index contributed by atoms with van der Waals surface area (Å²) in [7, 11) is -0.835. The van der Waals surface area contributed by atoms with Gasteiger partial charge in [0.25, 0.3) is 0 Å². The molecule has 2 rings (SSSR count). The lowest BCUT2D eigenvalue weighted by atomic mass is 9.91. The number of halogens is 1. The topological polar surface area (TPSA) is 43.1 Å². The van der Waals surface area contributed by atoms with Crippen LogP contribution in [0.1, 0.15) is 38.2 Å². The van der Waals surface area contributed by atoms with Crippen LogP contribution in [0.5, 0.6) is 0 Å². The van der Waals surface area contributed by atoms with Gasteiger partial charge in [0.2, 0.25) is 0 Å². The van der Waals surface area contributed by atoms with Crippen LogP contribution in [0.4, 0.5) is 5.69 Å². The van der Waals surface area contributed by atoms with Crippen molar-refractivity contribution in [2.24, 2.45) is 5.92 Å². The Bertz CT molecular complexity index is 449. The lowest BCUT2D eigenvalue weighted by Crippen LogP contribution is -2.24. The molecular formula is C14H20ClNOS. The highest BCUT2D eigenvalue weighted by Gasteiger charge is 2.24. The fourth-order valence-corrected chi connectivity index (χ4v) is 4.55. The van der Waals surface area contributed by atoms with Crippen molar-refractivity contribution in [2.45, 2.75) is 43.6 Å². The Morgan fingerprint density at radius 2 is 2.22 bits per heavy atom. The molecule has 1 aromatic rings. The second kappa shape index (κ2) is 6.07. The molecule has 18 heavy (non-hydrogen) atoms. The largest absolute Gasteiger partial charge is 0.398 e. The fraction of sp³-hybridized carbons (Fsp3) is 0.571. The predicted octanol–water partition coefficient (Wildman–Crippen LogP) is 3.75. The van der Waals surface area contributed by atoms with Gasteiger partial charge in [0.15, 0.2) is 0 Å². The first-order valence-electron chi connectivity index (χ1n) is 6.47. The summed E-state index contributed by atoms with van der Waals surface area (Å²) in [6, 6.07) is 5.39. The summed E-state index contributed by atoms with van der Waals surface area (Å²) in [6.45, 7) is 2.25. The van der Waals surface area contributed by atoms with Crippen molar-refractivity contribution in [2.75, 3.05) is 5.73 Å². The molecule has 2 nitrogen and oxygen atoms in total. The monoisotopic (exact) mass is 285 g/mol. The average Bonchev–Trinajstić information content (AvgIpc) is 2.34. The van der Waals surface area contributed by atoms with Gasteiger partial charge in [-0.15, -0.1) is 0 Å². The maximum absolute atomic E-state index is 12.4. The molecule has 1 aliphatic rings. The van der Waals surface area contributed by atoms with Gasteiger partial charge in [0.1, 0.15) is 0 Å². The SMILES string of the molecule is CC1CCCC(S(=O)Cc2cc(Cl)ccc2N)C1. The summed E-state index contributed by atoms with van der Waals surface area (Å²) in [5.41, 5.74) is 7.51. The van der Waals surface area contributed by atoms with Crippen LogP contribution in [0.3, 0.4) is 0 Å². The first-order chi connectivity index (χ1) is 8.56. The maximum atomic E-state index is 12.4. The summed E-state index contributed by atoms with van der Waals surface area (Å²) in [6.07, 6.45) is 4.63. The van der Waals surface area contributed by atoms with Crippen LogP contribution < -0.4 is 5.73 Å². The van der Waals surface area contributed by atoms with Gasteiger partial charge in [-0.3, -0.25) is 4.21 Å². The lowest BCUT2D eigenvalue weighted by molar-refractivity contribution is 0.389. The highest BCUT2D eigenvalue weighted by Crippen LogP contribution is 2.29. The van der Waals surface area contributed by atoms with E-state index in [1.807, 2.05) is 6.07 Å². The minimum atomic E-state index is -0.835. The molecule has 0 spiro atoms. The third-order valence-electron chi connectivity index (χ3n) is 3.66. The Balaban J connectivity index is 2.04. The zero-order valence-electron chi connectivity index (χ0n) is 10.7. The Hall–Kier alpha value is -0.540. The van der Waals surface area contributed by atoms with E-state index >= 15 is 0 Å². The van der Waals surface area contributed by atoms with Crippen LogP contribution >= 0.6 is 11.6 Å². The number of nitrogens with two attached hydrogens (primary N) is 1. The molecular weight excluding hydrogens is 266 g/mol. The van der Waals surface area contributed by atoms with Crippen molar-refractivity contribution < 1.29 is 4.21 Å². The number of hydrogen-bond donors (Lipinski definition) is 1. The van der Waals surface area contributed by atoms with Crippen LogP contribution in [0, 0.1) is 5.92 Å². The third kappa shape index (κ3) is 3.48. The smallest absolute Gasteiger partial charge is 0.0509 e. The summed E-state index contributed by atoms with van der Waals surface area (Å²) in [5, 5.41) is 0.986. The normalized spacial score (nSPS) is 25.9. The molecule has 0 aliphatic heterocycles. The Morgan fingerprint density at radius 3 is 2.94 bits per heavy atom. The van der Waals surface area contributed by atoms with Crippen LogP contribution in [0.15, 0.2) is 18.2 Å². The molecule has 100 valence electrons. The van der Waals surface area contributed by atoms with Gasteiger partial charge in [0.05, 0.1) is 5.75 Å². The van der Waals surface area contributed by atoms with Gasteiger partial charge in [-0.1, -0.05) is 31.4 Å². The Morgan fingerprint density at radius 1 is 1.44 bits per heavy atom. The van der Waals surface area contributed by atoms with Crippen molar-refractivity contribution in [3.63, 3.8) is 0 Å². The zero-order valence-corrected chi connectivity index (χ0v) is 12.3. The quantitative estimate of drug-likeness (QED) is 0.860. The van der Waals surface area contributed by atoms with E-state index in [0.717, 1.165) is 18.4 Å². The molecule has 0 radical (unpaired) electrons. The second-order valence-electron chi connectivity index (χ2n) is 5.26. The number of hydrogen-bond acceptors (Lipinski definition) is 2. The zero-order chi connectivity index (χ0) is 13.1. The van der Waals surface area contributed by atoms with Crippen molar-refractivity contribution in [1.82, 2.24) is 0 Å². The molecule has 0 saturated heterocycles. The molecule has 1 saturated carbocycles. The molecule has 0 amide bonds. The minimum Gasteiger partial charge on any atom is -0.398 e. The summed E-state index contributed by atoms with van der Waals surface area (Å²) >= 11 is 5.95. The van der Waals surface area contributed by atoms with Crippen LogP contribution in [0.25, 0.3) is 0 Å². The number of nitrogen functional groups attached to an aromatic ring is 1. The van der Waals surface area contributed by atoms with Crippen molar-refractivity contribution in [1.29, 1.82) is 0 Å². The van der Waals surface area contributed by atoms with Gasteiger partial charge in [-0.2, -0.15) is 0 Å². The molecule has 3 atom stereocenters. The highest BCUT2D eigenvalue weighted by atomic mass is 35.5. The van der Waals surface area contributed by atoms with E-state index in [4.69, 9.17) is 17.3 Å².